The van der Waals surface area contributed by atoms with E-state index >= 15 is 0 Å². The molecule has 0 spiro atoms. The highest BCUT2D eigenvalue weighted by Crippen LogP contribution is 2.29. The summed E-state index contributed by atoms with van der Waals surface area (Å²) >= 11 is 1.66. The SMILES string of the molecule is O=C(CCCc1cccs1)NCC#Cc1cccc(C(F)(F)F)c1. The van der Waals surface area contributed by atoms with E-state index < -0.39 is 11.7 Å². The van der Waals surface area contributed by atoms with Crippen molar-refractivity contribution in [2.45, 2.75) is 25.4 Å². The molecule has 0 unspecified atom stereocenters. The second-order valence-electron chi connectivity index (χ2n) is 5.09. The number of halogens is 3. The molecule has 1 amide bonds. The molecule has 0 saturated carbocycles. The van der Waals surface area contributed by atoms with E-state index in [2.05, 4.69) is 17.2 Å². The molecule has 0 saturated heterocycles. The third kappa shape index (κ3) is 6.09. The molecule has 0 bridgehead atoms. The predicted molar refractivity (Wildman–Crippen MR) is 88.6 cm³/mol. The number of amides is 1. The Morgan fingerprint density at radius 2 is 2.04 bits per heavy atom. The minimum absolute atomic E-state index is 0.107. The summed E-state index contributed by atoms with van der Waals surface area (Å²) in [6.45, 7) is 0.119. The summed E-state index contributed by atoms with van der Waals surface area (Å²) in [6.07, 6.45) is -2.36. The van der Waals surface area contributed by atoms with Crippen LogP contribution in [0.15, 0.2) is 41.8 Å². The molecular formula is C18H16F3NOS. The van der Waals surface area contributed by atoms with Gasteiger partial charge in [-0.1, -0.05) is 24.0 Å². The minimum atomic E-state index is -4.38. The van der Waals surface area contributed by atoms with E-state index in [4.69, 9.17) is 0 Å². The Morgan fingerprint density at radius 3 is 2.75 bits per heavy atom. The highest BCUT2D eigenvalue weighted by Gasteiger charge is 2.30. The average molecular weight is 351 g/mol. The van der Waals surface area contributed by atoms with Crippen molar-refractivity contribution in [2.75, 3.05) is 6.54 Å². The van der Waals surface area contributed by atoms with Crippen LogP contribution >= 0.6 is 11.3 Å². The van der Waals surface area contributed by atoms with Gasteiger partial charge >= 0.3 is 6.18 Å². The third-order valence-corrected chi connectivity index (χ3v) is 4.14. The fourth-order valence-corrected chi connectivity index (χ4v) is 2.78. The molecule has 0 fully saturated rings. The van der Waals surface area contributed by atoms with Gasteiger partial charge in [-0.3, -0.25) is 4.79 Å². The Bertz CT molecular complexity index is 727. The van der Waals surface area contributed by atoms with Crippen molar-refractivity contribution in [3.63, 3.8) is 0 Å². The molecule has 24 heavy (non-hydrogen) atoms. The number of aryl methyl sites for hydroxylation is 1. The highest BCUT2D eigenvalue weighted by molar-refractivity contribution is 7.09. The first-order chi connectivity index (χ1) is 11.4. The number of nitrogens with one attached hydrogen (secondary N) is 1. The maximum Gasteiger partial charge on any atom is 0.416 e. The van der Waals surface area contributed by atoms with Crippen LogP contribution < -0.4 is 5.32 Å². The van der Waals surface area contributed by atoms with Crippen molar-refractivity contribution in [3.05, 3.63) is 57.8 Å². The van der Waals surface area contributed by atoms with Gasteiger partial charge in [0.25, 0.3) is 0 Å². The lowest BCUT2D eigenvalue weighted by atomic mass is 10.1. The zero-order valence-electron chi connectivity index (χ0n) is 12.8. The van der Waals surface area contributed by atoms with Gasteiger partial charge in [0.15, 0.2) is 0 Å². The lowest BCUT2D eigenvalue weighted by molar-refractivity contribution is -0.137. The molecule has 0 atom stereocenters. The van der Waals surface area contributed by atoms with Crippen LogP contribution in [0.3, 0.4) is 0 Å². The maximum absolute atomic E-state index is 12.6. The first-order valence-electron chi connectivity index (χ1n) is 7.40. The summed E-state index contributed by atoms with van der Waals surface area (Å²) in [5.74, 6) is 5.19. The van der Waals surface area contributed by atoms with Crippen molar-refractivity contribution < 1.29 is 18.0 Å². The van der Waals surface area contributed by atoms with Gasteiger partial charge in [0, 0.05) is 16.9 Å². The predicted octanol–water partition coefficient (Wildman–Crippen LogP) is 4.26. The van der Waals surface area contributed by atoms with E-state index in [1.807, 2.05) is 17.5 Å². The Kier molecular flexibility index (Phi) is 6.44. The molecular weight excluding hydrogens is 335 g/mol. The zero-order chi connectivity index (χ0) is 17.4. The molecule has 2 rings (SSSR count). The summed E-state index contributed by atoms with van der Waals surface area (Å²) in [5, 5.41) is 4.65. The third-order valence-electron chi connectivity index (χ3n) is 3.20. The number of hydrogen-bond acceptors (Lipinski definition) is 2. The molecule has 0 aliphatic rings. The summed E-state index contributed by atoms with van der Waals surface area (Å²) in [5.41, 5.74) is -0.455. The van der Waals surface area contributed by atoms with Crippen LogP contribution in [0.1, 0.15) is 28.8 Å². The molecule has 1 aromatic carbocycles. The Hall–Kier alpha value is -2.26. The first-order valence-corrected chi connectivity index (χ1v) is 8.28. The largest absolute Gasteiger partial charge is 0.416 e. The molecule has 6 heteroatoms. The second kappa shape index (κ2) is 8.55. The standard InChI is InChI=1S/C18H16F3NOS/c19-18(20,21)15-7-1-5-14(13-15)6-3-11-22-17(23)10-2-8-16-9-4-12-24-16/h1,4-5,7,9,12-13H,2,8,10-11H2,(H,22,23). The Balaban J connectivity index is 1.74. The Labute approximate surface area is 142 Å². The molecule has 1 N–H and O–H groups in total. The lowest BCUT2D eigenvalue weighted by Gasteiger charge is -2.05. The van der Waals surface area contributed by atoms with Gasteiger partial charge in [-0.15, -0.1) is 11.3 Å². The molecule has 2 nitrogen and oxygen atoms in total. The fraction of sp³-hybridized carbons (Fsp3) is 0.278. The summed E-state index contributed by atoms with van der Waals surface area (Å²) in [6, 6.07) is 8.82. The quantitative estimate of drug-likeness (QED) is 0.802. The molecule has 0 aliphatic carbocycles. The molecule has 2 aromatic rings. The van der Waals surface area contributed by atoms with Gasteiger partial charge in [-0.05, 0) is 42.5 Å². The Morgan fingerprint density at radius 1 is 1.21 bits per heavy atom. The van der Waals surface area contributed by atoms with Gasteiger partial charge in [0.2, 0.25) is 5.91 Å². The van der Waals surface area contributed by atoms with Crippen molar-refractivity contribution in [1.82, 2.24) is 5.32 Å². The minimum Gasteiger partial charge on any atom is -0.345 e. The smallest absolute Gasteiger partial charge is 0.345 e. The van der Waals surface area contributed by atoms with Gasteiger partial charge in [-0.2, -0.15) is 13.2 Å². The van der Waals surface area contributed by atoms with E-state index in [9.17, 15) is 18.0 Å². The topological polar surface area (TPSA) is 29.1 Å². The highest BCUT2D eigenvalue weighted by atomic mass is 32.1. The molecule has 0 aliphatic heterocycles. The maximum atomic E-state index is 12.6. The van der Waals surface area contributed by atoms with Crippen LogP contribution in [0.25, 0.3) is 0 Å². The number of benzene rings is 1. The van der Waals surface area contributed by atoms with Gasteiger partial charge in [0.1, 0.15) is 0 Å². The monoisotopic (exact) mass is 351 g/mol. The van der Waals surface area contributed by atoms with Crippen LogP contribution in [0, 0.1) is 11.8 Å². The number of carbonyl (C=O) groups is 1. The number of thiophene rings is 1. The van der Waals surface area contributed by atoms with E-state index in [1.54, 1.807) is 11.3 Å². The average Bonchev–Trinajstić information content (AvgIpc) is 3.04. The van der Waals surface area contributed by atoms with Crippen LogP contribution in [0.5, 0.6) is 0 Å². The van der Waals surface area contributed by atoms with E-state index in [0.29, 0.717) is 6.42 Å². The van der Waals surface area contributed by atoms with E-state index in [-0.39, 0.29) is 18.0 Å². The summed E-state index contributed by atoms with van der Waals surface area (Å²) in [7, 11) is 0. The molecule has 0 radical (unpaired) electrons. The number of carbonyl (C=O) groups excluding carboxylic acids is 1. The van der Waals surface area contributed by atoms with Crippen molar-refractivity contribution >= 4 is 17.2 Å². The van der Waals surface area contributed by atoms with Crippen LogP contribution in [0.4, 0.5) is 13.2 Å². The van der Waals surface area contributed by atoms with E-state index in [1.165, 1.54) is 17.0 Å². The molecule has 1 aromatic heterocycles. The number of rotatable bonds is 5. The number of alkyl halides is 3. The van der Waals surface area contributed by atoms with Crippen LogP contribution in [-0.2, 0) is 17.4 Å². The van der Waals surface area contributed by atoms with Crippen molar-refractivity contribution in [1.29, 1.82) is 0 Å². The van der Waals surface area contributed by atoms with Crippen LogP contribution in [-0.4, -0.2) is 12.5 Å². The lowest BCUT2D eigenvalue weighted by Crippen LogP contribution is -2.23. The number of hydrogen-bond donors (Lipinski definition) is 1. The van der Waals surface area contributed by atoms with Gasteiger partial charge < -0.3 is 5.32 Å². The van der Waals surface area contributed by atoms with Crippen molar-refractivity contribution in [2.24, 2.45) is 0 Å². The first kappa shape index (κ1) is 18.1. The van der Waals surface area contributed by atoms with Crippen molar-refractivity contribution in [3.8, 4) is 11.8 Å². The summed E-state index contributed by atoms with van der Waals surface area (Å²) in [4.78, 5) is 12.9. The van der Waals surface area contributed by atoms with Gasteiger partial charge in [0.05, 0.1) is 12.1 Å². The molecule has 1 heterocycles. The van der Waals surface area contributed by atoms with E-state index in [0.717, 1.165) is 25.0 Å². The second-order valence-corrected chi connectivity index (χ2v) is 6.12. The fourth-order valence-electron chi connectivity index (χ4n) is 2.03. The normalized spacial score (nSPS) is 10.8. The van der Waals surface area contributed by atoms with Crippen LogP contribution in [0.2, 0.25) is 0 Å². The zero-order valence-corrected chi connectivity index (χ0v) is 13.6. The van der Waals surface area contributed by atoms with Gasteiger partial charge in [-0.25, -0.2) is 0 Å². The molecule has 126 valence electrons. The summed E-state index contributed by atoms with van der Waals surface area (Å²) < 4.78 is 37.7.